The molecule has 2 rings (SSSR count). The van der Waals surface area contributed by atoms with Crippen molar-refractivity contribution in [3.05, 3.63) is 0 Å². The van der Waals surface area contributed by atoms with Gasteiger partial charge in [-0.15, -0.1) is 0 Å². The van der Waals surface area contributed by atoms with E-state index in [1.54, 1.807) is 13.8 Å². The Hall–Kier alpha value is -1.38. The second-order valence-corrected chi connectivity index (χ2v) is 9.07. The Morgan fingerprint density at radius 2 is 1.21 bits per heavy atom. The summed E-state index contributed by atoms with van der Waals surface area (Å²) >= 11 is 0. The van der Waals surface area contributed by atoms with E-state index in [0.29, 0.717) is 26.1 Å². The number of methoxy groups -OCH3 is 1. The first-order valence-electron chi connectivity index (χ1n) is 13.4. The lowest BCUT2D eigenvalue weighted by Gasteiger charge is -2.49. The van der Waals surface area contributed by atoms with Crippen molar-refractivity contribution in [2.45, 2.75) is 72.2 Å². The van der Waals surface area contributed by atoms with E-state index in [1.165, 1.54) is 7.11 Å². The number of ether oxygens (including phenoxy) is 10. The van der Waals surface area contributed by atoms with Crippen LogP contribution in [0.4, 0.5) is 0 Å². The normalized spacial score (nSPS) is 26.9. The maximum absolute atomic E-state index is 11.9. The zero-order valence-electron chi connectivity index (χ0n) is 24.0. The number of hydrogen-bond donors (Lipinski definition) is 0. The van der Waals surface area contributed by atoms with Gasteiger partial charge in [0.2, 0.25) is 0 Å². The van der Waals surface area contributed by atoms with Crippen molar-refractivity contribution in [3.63, 3.8) is 0 Å². The summed E-state index contributed by atoms with van der Waals surface area (Å²) in [6, 6.07) is 0. The summed E-state index contributed by atoms with van der Waals surface area (Å²) in [5.74, 6) is -3.26. The Morgan fingerprint density at radius 1 is 0.711 bits per heavy atom. The average Bonchev–Trinajstić information content (AvgIpc) is 2.94. The summed E-state index contributed by atoms with van der Waals surface area (Å²) in [5.41, 5.74) is -0.469. The number of carbonyl (C=O) groups is 2. The predicted molar refractivity (Wildman–Crippen MR) is 135 cm³/mol. The van der Waals surface area contributed by atoms with Gasteiger partial charge in [-0.3, -0.25) is 4.79 Å². The Kier molecular flexibility index (Phi) is 17.2. The van der Waals surface area contributed by atoms with E-state index in [9.17, 15) is 9.59 Å². The molecule has 0 amide bonds. The zero-order valence-corrected chi connectivity index (χ0v) is 24.0. The summed E-state index contributed by atoms with van der Waals surface area (Å²) < 4.78 is 54.0. The number of rotatable bonds is 16. The largest absolute Gasteiger partial charge is 0.463 e. The average molecular weight is 553 g/mol. The summed E-state index contributed by atoms with van der Waals surface area (Å²) in [6.45, 7) is 12.9. The van der Waals surface area contributed by atoms with Crippen LogP contribution >= 0.6 is 0 Å². The Bertz CT molecular complexity index is 634. The van der Waals surface area contributed by atoms with Gasteiger partial charge in [0, 0.05) is 40.1 Å². The van der Waals surface area contributed by atoms with Crippen LogP contribution in [-0.2, 0) is 57.0 Å². The molecule has 12 nitrogen and oxygen atoms in total. The second-order valence-electron chi connectivity index (χ2n) is 9.07. The van der Waals surface area contributed by atoms with E-state index < -0.39 is 23.3 Å². The van der Waals surface area contributed by atoms with Crippen molar-refractivity contribution in [2.75, 3.05) is 79.8 Å². The Labute approximate surface area is 226 Å². The molecule has 0 saturated carbocycles. The second kappa shape index (κ2) is 18.8. The standard InChI is InChI=1S/C20H34O11.C6H14O/c1-5-16(21)25-9-7-24-8-10-26-17(22)11-27-20(6-2)30-14-19(15-31-20)12-28-18(3,23-4)29-13-19;1-3-5-7-6-4-2/h5-15H2,1-4H3;3-6H2,1-2H3. The monoisotopic (exact) mass is 552 g/mol. The first-order chi connectivity index (χ1) is 18.2. The van der Waals surface area contributed by atoms with Gasteiger partial charge in [0.1, 0.15) is 13.2 Å². The fourth-order valence-electron chi connectivity index (χ4n) is 3.17. The molecule has 2 aliphatic rings. The summed E-state index contributed by atoms with van der Waals surface area (Å²) in [5, 5.41) is 0. The van der Waals surface area contributed by atoms with Gasteiger partial charge in [0.15, 0.2) is 6.61 Å². The minimum Gasteiger partial charge on any atom is -0.463 e. The van der Waals surface area contributed by atoms with Gasteiger partial charge >= 0.3 is 11.9 Å². The van der Waals surface area contributed by atoms with Crippen molar-refractivity contribution < 1.29 is 57.0 Å². The minimum absolute atomic E-state index is 0.0564. The molecule has 0 N–H and O–H groups in total. The van der Waals surface area contributed by atoms with Crippen molar-refractivity contribution in [3.8, 4) is 0 Å². The number of esters is 2. The minimum atomic E-state index is -1.33. The van der Waals surface area contributed by atoms with Crippen molar-refractivity contribution >= 4 is 11.9 Å². The molecule has 2 aliphatic heterocycles. The molecule has 0 atom stereocenters. The highest BCUT2D eigenvalue weighted by Crippen LogP contribution is 2.38. The highest BCUT2D eigenvalue weighted by atomic mass is 16.9. The van der Waals surface area contributed by atoms with Crippen LogP contribution in [0.15, 0.2) is 0 Å². The molecular formula is C26H48O12. The fourth-order valence-corrected chi connectivity index (χ4v) is 3.17. The molecular weight excluding hydrogens is 504 g/mol. The van der Waals surface area contributed by atoms with E-state index in [1.807, 2.05) is 6.92 Å². The maximum Gasteiger partial charge on any atom is 0.332 e. The molecule has 2 heterocycles. The number of hydrogen-bond acceptors (Lipinski definition) is 12. The van der Waals surface area contributed by atoms with E-state index in [0.717, 1.165) is 26.1 Å². The topological polar surface area (TPSA) is 126 Å². The molecule has 0 aromatic rings. The van der Waals surface area contributed by atoms with Gasteiger partial charge < -0.3 is 47.4 Å². The molecule has 38 heavy (non-hydrogen) atoms. The molecule has 2 fully saturated rings. The van der Waals surface area contributed by atoms with Crippen LogP contribution in [0, 0.1) is 5.41 Å². The van der Waals surface area contributed by atoms with Crippen LogP contribution in [0.25, 0.3) is 0 Å². The lowest BCUT2D eigenvalue weighted by Crippen LogP contribution is -2.59. The van der Waals surface area contributed by atoms with E-state index in [4.69, 9.17) is 47.4 Å². The lowest BCUT2D eigenvalue weighted by molar-refractivity contribution is -0.457. The van der Waals surface area contributed by atoms with Gasteiger partial charge in [-0.25, -0.2) is 4.79 Å². The van der Waals surface area contributed by atoms with Gasteiger partial charge in [-0.2, -0.15) is 0 Å². The number of carbonyl (C=O) groups excluding carboxylic acids is 2. The lowest BCUT2D eigenvalue weighted by atomic mass is 9.90. The fraction of sp³-hybridized carbons (Fsp3) is 0.923. The van der Waals surface area contributed by atoms with Crippen LogP contribution in [0.2, 0.25) is 0 Å². The molecule has 0 aliphatic carbocycles. The van der Waals surface area contributed by atoms with Crippen molar-refractivity contribution in [1.82, 2.24) is 0 Å². The SMILES string of the molecule is CCC(=O)OCCOCCOC(=O)COC1(CC)OCC2(COC(C)(OC)OC2)CO1.CCCOCCC. The van der Waals surface area contributed by atoms with Gasteiger partial charge in [0.05, 0.1) is 45.1 Å². The Morgan fingerprint density at radius 3 is 1.68 bits per heavy atom. The highest BCUT2D eigenvalue weighted by molar-refractivity contribution is 5.70. The third-order valence-corrected chi connectivity index (χ3v) is 5.66. The third-order valence-electron chi connectivity index (χ3n) is 5.66. The molecule has 12 heteroatoms. The molecule has 2 saturated heterocycles. The van der Waals surface area contributed by atoms with Gasteiger partial charge in [-0.1, -0.05) is 27.7 Å². The van der Waals surface area contributed by atoms with Crippen LogP contribution in [-0.4, -0.2) is 104 Å². The predicted octanol–water partition coefficient (Wildman–Crippen LogP) is 2.80. The first-order valence-corrected chi connectivity index (χ1v) is 13.4. The summed E-state index contributed by atoms with van der Waals surface area (Å²) in [4.78, 5) is 22.9. The Balaban J connectivity index is 0.000000905. The maximum atomic E-state index is 11.9. The molecule has 0 aromatic carbocycles. The van der Waals surface area contributed by atoms with Crippen LogP contribution in [0.1, 0.15) is 60.3 Å². The summed E-state index contributed by atoms with van der Waals surface area (Å²) in [6.07, 6.45) is 2.98. The molecule has 0 unspecified atom stereocenters. The van der Waals surface area contributed by atoms with E-state index >= 15 is 0 Å². The smallest absolute Gasteiger partial charge is 0.332 e. The van der Waals surface area contributed by atoms with Crippen LogP contribution in [0.3, 0.4) is 0 Å². The van der Waals surface area contributed by atoms with Crippen molar-refractivity contribution in [1.29, 1.82) is 0 Å². The molecule has 224 valence electrons. The molecule has 0 aromatic heterocycles. The molecule has 0 bridgehead atoms. The van der Waals surface area contributed by atoms with E-state index in [2.05, 4.69) is 13.8 Å². The van der Waals surface area contributed by atoms with Crippen LogP contribution in [0.5, 0.6) is 0 Å². The molecule has 0 radical (unpaired) electrons. The quantitative estimate of drug-likeness (QED) is 0.206. The van der Waals surface area contributed by atoms with Crippen LogP contribution < -0.4 is 0 Å². The highest BCUT2D eigenvalue weighted by Gasteiger charge is 2.50. The first kappa shape index (κ1) is 34.6. The molecule has 1 spiro atoms. The zero-order chi connectivity index (χ0) is 28.3. The van der Waals surface area contributed by atoms with Gasteiger partial charge in [-0.05, 0) is 12.8 Å². The third kappa shape index (κ3) is 13.1. The van der Waals surface area contributed by atoms with E-state index in [-0.39, 0.29) is 52.2 Å². The summed E-state index contributed by atoms with van der Waals surface area (Å²) in [7, 11) is 1.51. The van der Waals surface area contributed by atoms with Crippen molar-refractivity contribution in [2.24, 2.45) is 5.41 Å². The van der Waals surface area contributed by atoms with Gasteiger partial charge in [0.25, 0.3) is 11.9 Å².